The summed E-state index contributed by atoms with van der Waals surface area (Å²) in [7, 11) is 1.66. The molecule has 0 amide bonds. The maximum atomic E-state index is 6.02. The van der Waals surface area contributed by atoms with Gasteiger partial charge in [-0.15, -0.1) is 0 Å². The first kappa shape index (κ1) is 15.9. The third kappa shape index (κ3) is 3.85. The fraction of sp³-hybridized carbons (Fsp3) is 0.278. The molecule has 1 aliphatic carbocycles. The number of benzene rings is 2. The van der Waals surface area contributed by atoms with Gasteiger partial charge in [0.2, 0.25) is 0 Å². The summed E-state index contributed by atoms with van der Waals surface area (Å²) >= 11 is 3.60. The molecule has 23 heavy (non-hydrogen) atoms. The molecule has 2 aromatic rings. The third-order valence-electron chi connectivity index (χ3n) is 4.04. The summed E-state index contributed by atoms with van der Waals surface area (Å²) in [5.74, 6) is 1.81. The van der Waals surface area contributed by atoms with Gasteiger partial charge in [0.15, 0.2) is 5.96 Å². The second-order valence-electron chi connectivity index (χ2n) is 5.63. The Kier molecular flexibility index (Phi) is 4.86. The quantitative estimate of drug-likeness (QED) is 0.623. The Morgan fingerprint density at radius 1 is 1.26 bits per heavy atom. The maximum absolute atomic E-state index is 6.02. The first-order valence-corrected chi connectivity index (χ1v) is 8.41. The van der Waals surface area contributed by atoms with Crippen LogP contribution in [-0.4, -0.2) is 19.1 Å². The van der Waals surface area contributed by atoms with E-state index in [0.717, 1.165) is 22.2 Å². The number of ether oxygens (including phenoxy) is 1. The van der Waals surface area contributed by atoms with E-state index in [1.165, 1.54) is 5.56 Å². The van der Waals surface area contributed by atoms with E-state index in [4.69, 9.17) is 10.5 Å². The van der Waals surface area contributed by atoms with Crippen molar-refractivity contribution < 1.29 is 4.74 Å². The molecular formula is C18H20BrN3O. The molecule has 4 nitrogen and oxygen atoms in total. The molecule has 3 N–H and O–H groups in total. The lowest BCUT2D eigenvalue weighted by Gasteiger charge is -2.08. The molecule has 2 aromatic carbocycles. The molecule has 0 saturated heterocycles. The van der Waals surface area contributed by atoms with Crippen LogP contribution >= 0.6 is 15.9 Å². The number of nitrogens with one attached hydrogen (secondary N) is 1. The Balaban J connectivity index is 1.58. The van der Waals surface area contributed by atoms with Crippen molar-refractivity contribution in [3.05, 3.63) is 64.1 Å². The van der Waals surface area contributed by atoms with Crippen molar-refractivity contribution in [3.63, 3.8) is 0 Å². The minimum absolute atomic E-state index is 0.357. The minimum Gasteiger partial charge on any atom is -0.496 e. The van der Waals surface area contributed by atoms with Crippen LogP contribution in [0, 0.1) is 0 Å². The number of hydrogen-bond donors (Lipinski definition) is 2. The average Bonchev–Trinajstić information content (AvgIpc) is 3.32. The standard InChI is InChI=1S/C18H20BrN3O/c1-23-17-9-5-2-6-12(17)11-21-18(20)22-16-10-14(16)13-7-3-4-8-15(13)19/h2-9,14,16H,10-11H2,1H3,(H3,20,21,22)/t14-,16+/m0/s1. The zero-order valence-electron chi connectivity index (χ0n) is 13.0. The number of nitrogens with zero attached hydrogens (tertiary/aromatic N) is 1. The number of nitrogens with two attached hydrogens (primary N) is 1. The number of aliphatic imine (C=N–C) groups is 1. The molecule has 1 aliphatic rings. The Labute approximate surface area is 144 Å². The van der Waals surface area contributed by atoms with Crippen LogP contribution < -0.4 is 15.8 Å². The average molecular weight is 374 g/mol. The first-order chi connectivity index (χ1) is 11.2. The highest BCUT2D eigenvalue weighted by atomic mass is 79.9. The number of rotatable bonds is 5. The Bertz CT molecular complexity index is 717. The van der Waals surface area contributed by atoms with E-state index >= 15 is 0 Å². The smallest absolute Gasteiger partial charge is 0.189 e. The van der Waals surface area contributed by atoms with E-state index in [-0.39, 0.29) is 0 Å². The summed E-state index contributed by atoms with van der Waals surface area (Å²) in [5.41, 5.74) is 8.37. The van der Waals surface area contributed by atoms with Gasteiger partial charge in [0.25, 0.3) is 0 Å². The number of halogens is 1. The molecule has 0 radical (unpaired) electrons. The van der Waals surface area contributed by atoms with Gasteiger partial charge in [-0.05, 0) is 24.1 Å². The van der Waals surface area contributed by atoms with E-state index in [2.05, 4.69) is 44.4 Å². The van der Waals surface area contributed by atoms with Crippen molar-refractivity contribution in [2.75, 3.05) is 7.11 Å². The lowest BCUT2D eigenvalue weighted by molar-refractivity contribution is 0.410. The van der Waals surface area contributed by atoms with E-state index in [1.54, 1.807) is 7.11 Å². The molecule has 0 aromatic heterocycles. The van der Waals surface area contributed by atoms with Crippen LogP contribution in [0.5, 0.6) is 5.75 Å². The molecule has 0 bridgehead atoms. The predicted octanol–water partition coefficient (Wildman–Crippen LogP) is 3.42. The monoisotopic (exact) mass is 373 g/mol. The number of hydrogen-bond acceptors (Lipinski definition) is 2. The second kappa shape index (κ2) is 7.04. The Morgan fingerprint density at radius 2 is 2.00 bits per heavy atom. The van der Waals surface area contributed by atoms with Gasteiger partial charge < -0.3 is 15.8 Å². The van der Waals surface area contributed by atoms with E-state index in [0.29, 0.717) is 24.5 Å². The molecule has 120 valence electrons. The van der Waals surface area contributed by atoms with Crippen molar-refractivity contribution in [1.82, 2.24) is 5.32 Å². The van der Waals surface area contributed by atoms with Crippen molar-refractivity contribution in [2.24, 2.45) is 10.7 Å². The summed E-state index contributed by atoms with van der Waals surface area (Å²) in [5, 5.41) is 3.30. The minimum atomic E-state index is 0.357. The third-order valence-corrected chi connectivity index (χ3v) is 4.76. The largest absolute Gasteiger partial charge is 0.496 e. The summed E-state index contributed by atoms with van der Waals surface area (Å²) < 4.78 is 6.48. The van der Waals surface area contributed by atoms with Gasteiger partial charge >= 0.3 is 0 Å². The fourth-order valence-corrected chi connectivity index (χ4v) is 3.29. The summed E-state index contributed by atoms with van der Waals surface area (Å²) in [6, 6.07) is 16.5. The van der Waals surface area contributed by atoms with Crippen molar-refractivity contribution in [1.29, 1.82) is 0 Å². The molecule has 1 fully saturated rings. The van der Waals surface area contributed by atoms with Crippen molar-refractivity contribution in [2.45, 2.75) is 24.9 Å². The number of guanidine groups is 1. The molecule has 1 saturated carbocycles. The van der Waals surface area contributed by atoms with Crippen LogP contribution in [0.15, 0.2) is 58.0 Å². The topological polar surface area (TPSA) is 59.6 Å². The number of methoxy groups -OCH3 is 1. The Hall–Kier alpha value is -2.01. The summed E-state index contributed by atoms with van der Waals surface area (Å²) in [6.45, 7) is 0.509. The molecule has 0 unspecified atom stereocenters. The number of para-hydroxylation sites is 1. The van der Waals surface area contributed by atoms with Crippen molar-refractivity contribution >= 4 is 21.9 Å². The van der Waals surface area contributed by atoms with Crippen LogP contribution in [-0.2, 0) is 6.54 Å². The highest BCUT2D eigenvalue weighted by molar-refractivity contribution is 9.10. The van der Waals surface area contributed by atoms with Gasteiger partial charge in [-0.2, -0.15) is 0 Å². The van der Waals surface area contributed by atoms with Gasteiger partial charge in [-0.3, -0.25) is 0 Å². The predicted molar refractivity (Wildman–Crippen MR) is 96.7 cm³/mol. The van der Waals surface area contributed by atoms with E-state index < -0.39 is 0 Å². The molecular weight excluding hydrogens is 354 g/mol. The zero-order valence-corrected chi connectivity index (χ0v) is 14.6. The van der Waals surface area contributed by atoms with Crippen molar-refractivity contribution in [3.8, 4) is 5.75 Å². The molecule has 0 heterocycles. The highest BCUT2D eigenvalue weighted by Crippen LogP contribution is 2.43. The molecule has 0 spiro atoms. The lowest BCUT2D eigenvalue weighted by atomic mass is 10.1. The first-order valence-electron chi connectivity index (χ1n) is 7.62. The fourth-order valence-electron chi connectivity index (χ4n) is 2.71. The van der Waals surface area contributed by atoms with Crippen LogP contribution in [0.25, 0.3) is 0 Å². The van der Waals surface area contributed by atoms with Gasteiger partial charge in [-0.25, -0.2) is 4.99 Å². The van der Waals surface area contributed by atoms with Gasteiger partial charge in [0.1, 0.15) is 5.75 Å². The normalized spacial score (nSPS) is 20.2. The second-order valence-corrected chi connectivity index (χ2v) is 6.48. The molecule has 3 rings (SSSR count). The van der Waals surface area contributed by atoms with Gasteiger partial charge in [0, 0.05) is 22.0 Å². The van der Waals surface area contributed by atoms with Gasteiger partial charge in [0.05, 0.1) is 13.7 Å². The van der Waals surface area contributed by atoms with Crippen LogP contribution in [0.2, 0.25) is 0 Å². The summed E-state index contributed by atoms with van der Waals surface area (Å²) in [6.07, 6.45) is 1.08. The molecule has 2 atom stereocenters. The van der Waals surface area contributed by atoms with E-state index in [1.807, 2.05) is 30.3 Å². The lowest BCUT2D eigenvalue weighted by Crippen LogP contribution is -2.34. The maximum Gasteiger partial charge on any atom is 0.189 e. The van der Waals surface area contributed by atoms with Crippen LogP contribution in [0.3, 0.4) is 0 Å². The van der Waals surface area contributed by atoms with Crippen LogP contribution in [0.4, 0.5) is 0 Å². The molecule has 0 aliphatic heterocycles. The van der Waals surface area contributed by atoms with Gasteiger partial charge in [-0.1, -0.05) is 52.3 Å². The summed E-state index contributed by atoms with van der Waals surface area (Å²) in [4.78, 5) is 4.43. The van der Waals surface area contributed by atoms with E-state index in [9.17, 15) is 0 Å². The zero-order chi connectivity index (χ0) is 16.2. The highest BCUT2D eigenvalue weighted by Gasteiger charge is 2.39. The molecule has 5 heteroatoms. The Morgan fingerprint density at radius 3 is 2.78 bits per heavy atom. The van der Waals surface area contributed by atoms with Crippen LogP contribution in [0.1, 0.15) is 23.5 Å². The SMILES string of the molecule is COc1ccccc1CN=C(N)N[C@@H]1C[C@H]1c1ccccc1Br.